The van der Waals surface area contributed by atoms with Crippen molar-refractivity contribution >= 4 is 0 Å². The van der Waals surface area contributed by atoms with Crippen molar-refractivity contribution in [3.63, 3.8) is 0 Å². The largest absolute Gasteiger partial charge is 0.325 e. The summed E-state index contributed by atoms with van der Waals surface area (Å²) in [7, 11) is 4.74. The summed E-state index contributed by atoms with van der Waals surface area (Å²) in [6.07, 6.45) is 20.2. The van der Waals surface area contributed by atoms with E-state index in [-0.39, 0.29) is 0 Å². The van der Waals surface area contributed by atoms with E-state index in [9.17, 15) is 0 Å². The van der Waals surface area contributed by atoms with Gasteiger partial charge in [-0.2, -0.15) is 0 Å². The van der Waals surface area contributed by atoms with Crippen molar-refractivity contribution in [2.75, 3.05) is 20.6 Å². The number of hydrogen-bond donors (Lipinski definition) is 0. The summed E-state index contributed by atoms with van der Waals surface area (Å²) in [5.74, 6) is 0. The van der Waals surface area contributed by atoms with Crippen LogP contribution in [0.25, 0.3) is 0 Å². The van der Waals surface area contributed by atoms with Crippen LogP contribution in [0.4, 0.5) is 0 Å². The zero-order valence-corrected chi connectivity index (χ0v) is 21.6. The smallest absolute Gasteiger partial charge is 0.104 e. The van der Waals surface area contributed by atoms with E-state index in [4.69, 9.17) is 0 Å². The molecule has 0 aromatic heterocycles. The van der Waals surface area contributed by atoms with Crippen molar-refractivity contribution in [1.29, 1.82) is 0 Å². The first-order valence-corrected chi connectivity index (χ1v) is 13.5. The minimum Gasteiger partial charge on any atom is -0.325 e. The van der Waals surface area contributed by atoms with Gasteiger partial charge in [-0.3, -0.25) is 0 Å². The maximum atomic E-state index is 2.37. The number of benzene rings is 2. The maximum Gasteiger partial charge on any atom is 0.104 e. The Balaban J connectivity index is 0.000000730. The van der Waals surface area contributed by atoms with Crippen molar-refractivity contribution in [2.24, 2.45) is 0 Å². The van der Waals surface area contributed by atoms with Crippen LogP contribution in [-0.4, -0.2) is 25.1 Å². The van der Waals surface area contributed by atoms with Gasteiger partial charge in [0.25, 0.3) is 0 Å². The zero-order chi connectivity index (χ0) is 23.2. The van der Waals surface area contributed by atoms with E-state index in [2.05, 4.69) is 51.4 Å². The van der Waals surface area contributed by atoms with Gasteiger partial charge in [0.1, 0.15) is 6.54 Å². The molecule has 1 nitrogen and oxygen atoms in total. The molecule has 32 heavy (non-hydrogen) atoms. The topological polar surface area (TPSA) is 0 Å². The zero-order valence-electron chi connectivity index (χ0n) is 21.6. The third-order valence-corrected chi connectivity index (χ3v) is 6.24. The molecule has 180 valence electrons. The minimum absolute atomic E-state index is 1.11. The second kappa shape index (κ2) is 20.0. The van der Waals surface area contributed by atoms with E-state index in [1.54, 1.807) is 0 Å². The molecule has 0 fully saturated rings. The highest BCUT2D eigenvalue weighted by molar-refractivity contribution is 5.13. The monoisotopic (exact) mass is 438 g/mol. The Labute approximate surface area is 200 Å². The molecule has 2 aromatic carbocycles. The molecule has 0 aliphatic heterocycles. The molecule has 0 saturated heterocycles. The summed E-state index contributed by atoms with van der Waals surface area (Å²) in [4.78, 5) is 0. The molecule has 0 amide bonds. The Bertz CT molecular complexity index is 578. The summed E-state index contributed by atoms with van der Waals surface area (Å²) >= 11 is 0. The number of quaternary nitrogens is 1. The Kier molecular flexibility index (Phi) is 17.8. The summed E-state index contributed by atoms with van der Waals surface area (Å²) < 4.78 is 1.11. The van der Waals surface area contributed by atoms with Crippen LogP contribution in [-0.2, 0) is 6.54 Å². The Morgan fingerprint density at radius 2 is 0.812 bits per heavy atom. The van der Waals surface area contributed by atoms with Gasteiger partial charge in [0, 0.05) is 5.56 Å². The minimum atomic E-state index is 1.11. The van der Waals surface area contributed by atoms with Gasteiger partial charge in [-0.25, -0.2) is 0 Å². The highest BCUT2D eigenvalue weighted by atomic mass is 15.3. The van der Waals surface area contributed by atoms with Crippen LogP contribution in [0.2, 0.25) is 0 Å². The first-order chi connectivity index (χ1) is 15.6. The highest BCUT2D eigenvalue weighted by Crippen LogP contribution is 2.15. The summed E-state index contributed by atoms with van der Waals surface area (Å²) in [5.41, 5.74) is 1.46. The normalized spacial score (nSPS) is 11.1. The molecule has 0 heterocycles. The average molecular weight is 439 g/mol. The molecular formula is C31H52N+. The van der Waals surface area contributed by atoms with E-state index < -0.39 is 0 Å². The lowest BCUT2D eigenvalue weighted by Crippen LogP contribution is -2.39. The molecule has 0 radical (unpaired) electrons. The van der Waals surface area contributed by atoms with Gasteiger partial charge in [0.2, 0.25) is 0 Å². The van der Waals surface area contributed by atoms with E-state index >= 15 is 0 Å². The molecule has 0 aliphatic rings. The second-order valence-electron chi connectivity index (χ2n) is 10.1. The predicted molar refractivity (Wildman–Crippen MR) is 144 cm³/mol. The van der Waals surface area contributed by atoms with Crippen LogP contribution >= 0.6 is 0 Å². The van der Waals surface area contributed by atoms with E-state index in [1.165, 1.54) is 102 Å². The molecule has 0 atom stereocenters. The summed E-state index contributed by atoms with van der Waals surface area (Å²) in [5, 5.41) is 0. The van der Waals surface area contributed by atoms with Gasteiger partial charge >= 0.3 is 0 Å². The van der Waals surface area contributed by atoms with Crippen LogP contribution in [0.5, 0.6) is 0 Å². The third kappa shape index (κ3) is 18.0. The van der Waals surface area contributed by atoms with E-state index in [0.29, 0.717) is 0 Å². The number of rotatable bonds is 17. The highest BCUT2D eigenvalue weighted by Gasteiger charge is 2.14. The first kappa shape index (κ1) is 28.4. The Morgan fingerprint density at radius 1 is 0.469 bits per heavy atom. The molecule has 0 unspecified atom stereocenters. The van der Waals surface area contributed by atoms with Crippen LogP contribution in [0.15, 0.2) is 66.7 Å². The van der Waals surface area contributed by atoms with Gasteiger partial charge in [-0.1, -0.05) is 151 Å². The summed E-state index contributed by atoms with van der Waals surface area (Å²) in [6, 6.07) is 22.9. The van der Waals surface area contributed by atoms with Crippen LogP contribution in [0.1, 0.15) is 102 Å². The van der Waals surface area contributed by atoms with Gasteiger partial charge in [0.15, 0.2) is 0 Å². The molecule has 1 heteroatoms. The van der Waals surface area contributed by atoms with Crippen LogP contribution in [0.3, 0.4) is 0 Å². The SMILES string of the molecule is CCCCCCCCCCCCCCCC[N+](C)(C)Cc1ccccc1.c1ccccc1. The lowest BCUT2D eigenvalue weighted by molar-refractivity contribution is -0.903. The molecule has 0 bridgehead atoms. The molecule has 2 rings (SSSR count). The molecule has 0 N–H and O–H groups in total. The lowest BCUT2D eigenvalue weighted by Gasteiger charge is -2.30. The van der Waals surface area contributed by atoms with Gasteiger partial charge < -0.3 is 4.48 Å². The van der Waals surface area contributed by atoms with Gasteiger partial charge in [0.05, 0.1) is 20.6 Å². The second-order valence-corrected chi connectivity index (χ2v) is 10.1. The van der Waals surface area contributed by atoms with E-state index in [1.807, 2.05) is 36.4 Å². The Hall–Kier alpha value is -1.60. The fourth-order valence-electron chi connectivity index (χ4n) is 4.28. The van der Waals surface area contributed by atoms with Crippen molar-refractivity contribution in [3.8, 4) is 0 Å². The molecular weight excluding hydrogens is 386 g/mol. The van der Waals surface area contributed by atoms with Crippen LogP contribution < -0.4 is 0 Å². The summed E-state index contributed by atoms with van der Waals surface area (Å²) in [6.45, 7) is 4.75. The molecule has 0 spiro atoms. The quantitative estimate of drug-likeness (QED) is 0.170. The third-order valence-electron chi connectivity index (χ3n) is 6.24. The first-order valence-electron chi connectivity index (χ1n) is 13.5. The molecule has 2 aromatic rings. The van der Waals surface area contributed by atoms with Gasteiger partial charge in [-0.15, -0.1) is 0 Å². The number of hydrogen-bond acceptors (Lipinski definition) is 0. The van der Waals surface area contributed by atoms with Crippen molar-refractivity contribution in [3.05, 3.63) is 72.3 Å². The standard InChI is InChI=1S/C25H46N.C6H6/c1-4-5-6-7-8-9-10-11-12-13-14-15-16-20-23-26(2,3)24-25-21-18-17-19-22-25;1-2-4-6-5-3-1/h17-19,21-22H,4-16,20,23-24H2,1-3H3;1-6H/q+1;. The van der Waals surface area contributed by atoms with Gasteiger partial charge in [-0.05, 0) is 12.8 Å². The molecule has 0 aliphatic carbocycles. The van der Waals surface area contributed by atoms with E-state index in [0.717, 1.165) is 11.0 Å². The number of nitrogens with zero attached hydrogens (tertiary/aromatic N) is 1. The molecule has 0 saturated carbocycles. The van der Waals surface area contributed by atoms with Crippen molar-refractivity contribution < 1.29 is 4.48 Å². The van der Waals surface area contributed by atoms with Crippen LogP contribution in [0, 0.1) is 0 Å². The lowest BCUT2D eigenvalue weighted by atomic mass is 10.0. The van der Waals surface area contributed by atoms with Crippen molar-refractivity contribution in [2.45, 2.75) is 103 Å². The number of unbranched alkanes of at least 4 members (excludes halogenated alkanes) is 13. The predicted octanol–water partition coefficient (Wildman–Crippen LogP) is 9.43. The van der Waals surface area contributed by atoms with Crippen molar-refractivity contribution in [1.82, 2.24) is 0 Å². The average Bonchev–Trinajstić information content (AvgIpc) is 2.81. The fourth-order valence-corrected chi connectivity index (χ4v) is 4.28. The maximum absolute atomic E-state index is 2.37. The Morgan fingerprint density at radius 3 is 1.22 bits per heavy atom. The fraction of sp³-hybridized carbons (Fsp3) is 0.613.